The molecule has 0 spiro atoms. The quantitative estimate of drug-likeness (QED) is 0.0320. The van der Waals surface area contributed by atoms with Gasteiger partial charge >= 0.3 is 5.97 Å². The van der Waals surface area contributed by atoms with Crippen molar-refractivity contribution in [1.82, 2.24) is 5.32 Å². The van der Waals surface area contributed by atoms with E-state index in [0.29, 0.717) is 19.4 Å². The van der Waals surface area contributed by atoms with Crippen molar-refractivity contribution < 1.29 is 24.5 Å². The Hall–Kier alpha value is -1.92. The van der Waals surface area contributed by atoms with Gasteiger partial charge in [0, 0.05) is 12.8 Å². The lowest BCUT2D eigenvalue weighted by Crippen LogP contribution is -2.45. The number of carbonyl (C=O) groups is 2. The number of ether oxygens (including phenoxy) is 1. The summed E-state index contributed by atoms with van der Waals surface area (Å²) in [6, 6.07) is -0.628. The molecule has 6 nitrogen and oxygen atoms in total. The van der Waals surface area contributed by atoms with Crippen molar-refractivity contribution >= 4 is 11.9 Å². The van der Waals surface area contributed by atoms with E-state index in [1.807, 2.05) is 6.08 Å². The number of rotatable bonds is 63. The first-order valence-corrected chi connectivity index (χ1v) is 33.8. The van der Waals surface area contributed by atoms with E-state index in [0.717, 1.165) is 51.4 Å². The molecule has 0 fully saturated rings. The van der Waals surface area contributed by atoms with E-state index in [2.05, 4.69) is 43.5 Å². The second-order valence-electron chi connectivity index (χ2n) is 23.2. The lowest BCUT2D eigenvalue weighted by molar-refractivity contribution is -0.143. The highest BCUT2D eigenvalue weighted by molar-refractivity contribution is 5.76. The van der Waals surface area contributed by atoms with Crippen LogP contribution >= 0.6 is 0 Å². The molecule has 0 aromatic carbocycles. The molecule has 0 radical (unpaired) electrons. The predicted octanol–water partition coefficient (Wildman–Crippen LogP) is 21.5. The zero-order chi connectivity index (χ0) is 54.3. The van der Waals surface area contributed by atoms with E-state index in [1.54, 1.807) is 6.08 Å². The molecule has 2 unspecified atom stereocenters. The van der Waals surface area contributed by atoms with Gasteiger partial charge in [0.2, 0.25) is 5.91 Å². The molecule has 75 heavy (non-hydrogen) atoms. The molecule has 0 saturated heterocycles. The Morgan fingerprint density at radius 3 is 1.07 bits per heavy atom. The average Bonchev–Trinajstić information content (AvgIpc) is 3.41. The highest BCUT2D eigenvalue weighted by atomic mass is 16.5. The van der Waals surface area contributed by atoms with Gasteiger partial charge in [-0.15, -0.1) is 0 Å². The number of esters is 1. The number of allylic oxidation sites excluding steroid dienone is 5. The van der Waals surface area contributed by atoms with Gasteiger partial charge < -0.3 is 20.3 Å². The Balaban J connectivity index is 3.40. The summed E-state index contributed by atoms with van der Waals surface area (Å²) in [7, 11) is 0. The third-order valence-electron chi connectivity index (χ3n) is 15.6. The van der Waals surface area contributed by atoms with Crippen molar-refractivity contribution in [3.63, 3.8) is 0 Å². The molecule has 0 bridgehead atoms. The van der Waals surface area contributed by atoms with E-state index >= 15 is 0 Å². The third kappa shape index (κ3) is 61.2. The van der Waals surface area contributed by atoms with Gasteiger partial charge in [0.15, 0.2) is 0 Å². The smallest absolute Gasteiger partial charge is 0.305 e. The van der Waals surface area contributed by atoms with Crippen LogP contribution in [0.3, 0.4) is 0 Å². The van der Waals surface area contributed by atoms with Gasteiger partial charge in [-0.1, -0.05) is 333 Å². The molecular weight excluding hydrogens is 923 g/mol. The highest BCUT2D eigenvalue weighted by Gasteiger charge is 2.18. The zero-order valence-electron chi connectivity index (χ0n) is 50.5. The van der Waals surface area contributed by atoms with Crippen molar-refractivity contribution in [2.45, 2.75) is 379 Å². The standard InChI is InChI=1S/C69H131NO5/c1-3-5-7-9-11-13-15-17-18-19-20-25-28-31-34-38-41-45-49-53-57-61-67(72)66(65-71)70-68(73)62-58-54-50-46-42-39-35-32-29-26-23-21-22-24-27-30-33-36-40-44-48-52-56-60-64-75-69(74)63-59-55-51-47-43-37-16-14-12-10-8-6-4-2/h8,10,14,16,57,61,66-67,71-72H,3-7,9,11-13,15,17-56,58-60,62-65H2,1-2H3,(H,70,73)/b10-8-,16-14-,61-57+. The minimum absolute atomic E-state index is 0.0000978. The van der Waals surface area contributed by atoms with E-state index in [1.165, 1.54) is 289 Å². The van der Waals surface area contributed by atoms with Crippen LogP contribution < -0.4 is 5.32 Å². The van der Waals surface area contributed by atoms with Gasteiger partial charge in [-0.05, 0) is 57.8 Å². The van der Waals surface area contributed by atoms with Crippen LogP contribution in [0, 0.1) is 0 Å². The Bertz CT molecular complexity index is 1210. The Morgan fingerprint density at radius 2 is 0.693 bits per heavy atom. The number of carbonyl (C=O) groups excluding carboxylic acids is 2. The van der Waals surface area contributed by atoms with Crippen LogP contribution in [0.1, 0.15) is 367 Å². The molecule has 0 aliphatic rings. The Morgan fingerprint density at radius 1 is 0.373 bits per heavy atom. The van der Waals surface area contributed by atoms with Crippen molar-refractivity contribution in [3.8, 4) is 0 Å². The van der Waals surface area contributed by atoms with Crippen molar-refractivity contribution in [3.05, 3.63) is 36.5 Å². The van der Waals surface area contributed by atoms with Crippen LogP contribution in [0.2, 0.25) is 0 Å². The van der Waals surface area contributed by atoms with Crippen molar-refractivity contribution in [2.24, 2.45) is 0 Å². The summed E-state index contributed by atoms with van der Waals surface area (Å²) in [6.07, 6.45) is 82.1. The first kappa shape index (κ1) is 73.1. The molecule has 0 heterocycles. The summed E-state index contributed by atoms with van der Waals surface area (Å²) in [6.45, 7) is 4.86. The van der Waals surface area contributed by atoms with Crippen LogP contribution in [0.25, 0.3) is 0 Å². The Labute approximate surface area is 468 Å². The maximum Gasteiger partial charge on any atom is 0.305 e. The van der Waals surface area contributed by atoms with Crippen LogP contribution in [0.15, 0.2) is 36.5 Å². The first-order chi connectivity index (χ1) is 37.0. The molecule has 0 saturated carbocycles. The van der Waals surface area contributed by atoms with Gasteiger partial charge in [0.05, 0.1) is 25.4 Å². The Kier molecular flexibility index (Phi) is 63.0. The minimum Gasteiger partial charge on any atom is -0.466 e. The second kappa shape index (κ2) is 64.6. The van der Waals surface area contributed by atoms with Gasteiger partial charge in [0.1, 0.15) is 0 Å². The largest absolute Gasteiger partial charge is 0.466 e. The third-order valence-corrected chi connectivity index (χ3v) is 15.6. The first-order valence-electron chi connectivity index (χ1n) is 33.8. The molecule has 0 aromatic heterocycles. The second-order valence-corrected chi connectivity index (χ2v) is 23.2. The fourth-order valence-electron chi connectivity index (χ4n) is 10.5. The molecule has 0 aromatic rings. The minimum atomic E-state index is -0.845. The number of aliphatic hydroxyl groups excluding tert-OH is 2. The maximum absolute atomic E-state index is 12.5. The number of amides is 1. The van der Waals surface area contributed by atoms with E-state index < -0.39 is 12.1 Å². The zero-order valence-corrected chi connectivity index (χ0v) is 50.5. The summed E-state index contributed by atoms with van der Waals surface area (Å²) in [5.74, 6) is -0.0637. The van der Waals surface area contributed by atoms with Crippen molar-refractivity contribution in [2.75, 3.05) is 13.2 Å². The van der Waals surface area contributed by atoms with E-state index in [9.17, 15) is 19.8 Å². The molecule has 3 N–H and O–H groups in total. The lowest BCUT2D eigenvalue weighted by atomic mass is 10.0. The summed E-state index contributed by atoms with van der Waals surface area (Å²) < 4.78 is 5.47. The monoisotopic (exact) mass is 1050 g/mol. The van der Waals surface area contributed by atoms with Crippen molar-refractivity contribution in [1.29, 1.82) is 0 Å². The maximum atomic E-state index is 12.5. The lowest BCUT2D eigenvalue weighted by Gasteiger charge is -2.20. The fraction of sp³-hybridized carbons (Fsp3) is 0.884. The molecule has 6 heteroatoms. The summed E-state index contributed by atoms with van der Waals surface area (Å²) in [5, 5.41) is 23.2. The molecule has 2 atom stereocenters. The number of hydrogen-bond donors (Lipinski definition) is 3. The summed E-state index contributed by atoms with van der Waals surface area (Å²) in [5.41, 5.74) is 0. The number of nitrogens with one attached hydrogen (secondary N) is 1. The fourth-order valence-corrected chi connectivity index (χ4v) is 10.5. The van der Waals surface area contributed by atoms with Gasteiger partial charge in [-0.3, -0.25) is 9.59 Å². The molecule has 0 rings (SSSR count). The van der Waals surface area contributed by atoms with Gasteiger partial charge in [0.25, 0.3) is 0 Å². The van der Waals surface area contributed by atoms with Gasteiger partial charge in [-0.25, -0.2) is 0 Å². The number of hydrogen-bond acceptors (Lipinski definition) is 5. The number of unbranched alkanes of at least 4 members (excludes halogenated alkanes) is 48. The highest BCUT2D eigenvalue weighted by Crippen LogP contribution is 2.18. The predicted molar refractivity (Wildman–Crippen MR) is 329 cm³/mol. The molecule has 1 amide bonds. The van der Waals surface area contributed by atoms with Gasteiger partial charge in [-0.2, -0.15) is 0 Å². The van der Waals surface area contributed by atoms with Crippen LogP contribution in [-0.4, -0.2) is 47.4 Å². The van der Waals surface area contributed by atoms with E-state index in [-0.39, 0.29) is 18.5 Å². The van der Waals surface area contributed by atoms with E-state index in [4.69, 9.17) is 4.74 Å². The topological polar surface area (TPSA) is 95.9 Å². The molecule has 0 aliphatic carbocycles. The molecule has 0 aliphatic heterocycles. The van der Waals surface area contributed by atoms with Crippen LogP contribution in [0.4, 0.5) is 0 Å². The molecular formula is C69H131NO5. The van der Waals surface area contributed by atoms with Crippen LogP contribution in [0.5, 0.6) is 0 Å². The van der Waals surface area contributed by atoms with Crippen LogP contribution in [-0.2, 0) is 14.3 Å². The average molecular weight is 1050 g/mol. The summed E-state index contributed by atoms with van der Waals surface area (Å²) >= 11 is 0. The molecule has 442 valence electrons. The number of aliphatic hydroxyl groups is 2. The SMILES string of the molecule is CCC/C=C\C/C=C\CCCCCCCC(=O)OCCCCCCCCCCCCCCCCCCCCCCCCCCC(=O)NC(CO)C(O)/C=C/CCCCCCCCCCCCCCCCCCCCC. The normalized spacial score (nSPS) is 12.7. The summed E-state index contributed by atoms with van der Waals surface area (Å²) in [4.78, 5) is 24.5.